The maximum atomic E-state index is 12.8. The van der Waals surface area contributed by atoms with Gasteiger partial charge in [0.25, 0.3) is 0 Å². The van der Waals surface area contributed by atoms with Crippen molar-refractivity contribution in [3.05, 3.63) is 35.4 Å². The number of ether oxygens (including phenoxy) is 2. The minimum Gasteiger partial charge on any atom is -0.466 e. The Bertz CT molecular complexity index is 658. The molecule has 0 bridgehead atoms. The second-order valence-electron chi connectivity index (χ2n) is 8.17. The third kappa shape index (κ3) is 5.70. The number of rotatable bonds is 5. The summed E-state index contributed by atoms with van der Waals surface area (Å²) in [6.07, 6.45) is 1.36. The van der Waals surface area contributed by atoms with Crippen molar-refractivity contribution in [3.8, 4) is 0 Å². The lowest BCUT2D eigenvalue weighted by Crippen LogP contribution is -2.49. The molecule has 1 aromatic carbocycles. The number of carbonyl (C=O) groups is 2. The molecule has 1 aromatic rings. The van der Waals surface area contributed by atoms with Crippen LogP contribution in [0.15, 0.2) is 24.3 Å². The lowest BCUT2D eigenvalue weighted by Gasteiger charge is -2.40. The van der Waals surface area contributed by atoms with Crippen molar-refractivity contribution in [2.24, 2.45) is 11.1 Å². The number of carbonyl (C=O) groups excluding carboxylic acids is 2. The molecule has 1 saturated heterocycles. The number of benzene rings is 1. The average Bonchev–Trinajstić information content (AvgIpc) is 2.61. The van der Waals surface area contributed by atoms with E-state index in [4.69, 9.17) is 15.2 Å². The predicted octanol–water partition coefficient (Wildman–Crippen LogP) is 3.27. The molecular weight excluding hydrogens is 344 g/mol. The van der Waals surface area contributed by atoms with E-state index in [-0.39, 0.29) is 12.1 Å². The van der Waals surface area contributed by atoms with Gasteiger partial charge in [0, 0.05) is 19.6 Å². The van der Waals surface area contributed by atoms with Crippen molar-refractivity contribution in [1.29, 1.82) is 0 Å². The van der Waals surface area contributed by atoms with Crippen molar-refractivity contribution < 1.29 is 19.1 Å². The van der Waals surface area contributed by atoms with Crippen LogP contribution in [0, 0.1) is 5.41 Å². The lowest BCUT2D eigenvalue weighted by molar-refractivity contribution is -0.158. The fourth-order valence-electron chi connectivity index (χ4n) is 3.44. The number of nitrogens with zero attached hydrogens (tertiary/aromatic N) is 1. The van der Waals surface area contributed by atoms with Gasteiger partial charge in [0.1, 0.15) is 5.60 Å². The molecule has 1 fully saturated rings. The highest BCUT2D eigenvalue weighted by molar-refractivity contribution is 5.78. The molecule has 0 radical (unpaired) electrons. The first-order chi connectivity index (χ1) is 12.7. The fourth-order valence-corrected chi connectivity index (χ4v) is 3.44. The molecule has 0 spiro atoms. The van der Waals surface area contributed by atoms with Gasteiger partial charge in [-0.1, -0.05) is 24.3 Å². The molecule has 1 amide bonds. The maximum absolute atomic E-state index is 12.8. The summed E-state index contributed by atoms with van der Waals surface area (Å²) in [5, 5.41) is 0. The number of amides is 1. The van der Waals surface area contributed by atoms with Crippen LogP contribution in [0.25, 0.3) is 0 Å². The van der Waals surface area contributed by atoms with E-state index in [1.807, 2.05) is 52.0 Å². The van der Waals surface area contributed by atoms with Gasteiger partial charge in [-0.05, 0) is 58.1 Å². The third-order valence-corrected chi connectivity index (χ3v) is 4.85. The lowest BCUT2D eigenvalue weighted by atomic mass is 9.73. The fraction of sp³-hybridized carbons (Fsp3) is 0.619. The number of nitrogens with two attached hydrogens (primary N) is 1. The van der Waals surface area contributed by atoms with Crippen molar-refractivity contribution in [2.45, 2.75) is 59.1 Å². The van der Waals surface area contributed by atoms with Crippen LogP contribution < -0.4 is 5.73 Å². The Balaban J connectivity index is 2.14. The number of esters is 1. The standard InChI is InChI=1S/C21H32N2O4/c1-5-26-18(24)21(14-16-7-6-8-17(13-16)15-22)9-11-23(12-10-21)19(25)27-20(2,3)4/h6-8,13H,5,9-12,14-15,22H2,1-4H3. The summed E-state index contributed by atoms with van der Waals surface area (Å²) in [6.45, 7) is 9.13. The third-order valence-electron chi connectivity index (χ3n) is 4.85. The molecule has 0 aliphatic carbocycles. The first kappa shape index (κ1) is 21.2. The molecule has 6 nitrogen and oxygen atoms in total. The molecule has 1 aliphatic heterocycles. The van der Waals surface area contributed by atoms with Gasteiger partial charge in [-0.25, -0.2) is 4.79 Å². The molecule has 0 saturated carbocycles. The summed E-state index contributed by atoms with van der Waals surface area (Å²) in [4.78, 5) is 26.8. The minimum atomic E-state index is -0.623. The van der Waals surface area contributed by atoms with Gasteiger partial charge in [0.2, 0.25) is 0 Å². The molecule has 27 heavy (non-hydrogen) atoms. The van der Waals surface area contributed by atoms with Crippen molar-refractivity contribution >= 4 is 12.1 Å². The Labute approximate surface area is 162 Å². The van der Waals surface area contributed by atoms with Gasteiger partial charge in [0.05, 0.1) is 12.0 Å². The van der Waals surface area contributed by atoms with Gasteiger partial charge in [-0.3, -0.25) is 4.79 Å². The number of hydrogen-bond acceptors (Lipinski definition) is 5. The maximum Gasteiger partial charge on any atom is 0.410 e. The molecule has 1 heterocycles. The summed E-state index contributed by atoms with van der Waals surface area (Å²) < 4.78 is 10.9. The van der Waals surface area contributed by atoms with E-state index in [0.717, 1.165) is 11.1 Å². The molecule has 150 valence electrons. The van der Waals surface area contributed by atoms with Crippen LogP contribution in [-0.4, -0.2) is 42.3 Å². The molecule has 0 aromatic heterocycles. The zero-order valence-corrected chi connectivity index (χ0v) is 16.9. The van der Waals surface area contributed by atoms with Crippen LogP contribution in [0.4, 0.5) is 4.79 Å². The largest absolute Gasteiger partial charge is 0.466 e. The van der Waals surface area contributed by atoms with Crippen LogP contribution in [0.5, 0.6) is 0 Å². The van der Waals surface area contributed by atoms with Crippen molar-refractivity contribution in [1.82, 2.24) is 4.90 Å². The highest BCUT2D eigenvalue weighted by atomic mass is 16.6. The summed E-state index contributed by atoms with van der Waals surface area (Å²) >= 11 is 0. The Morgan fingerprint density at radius 2 is 1.81 bits per heavy atom. The highest BCUT2D eigenvalue weighted by Gasteiger charge is 2.44. The SMILES string of the molecule is CCOC(=O)C1(Cc2cccc(CN)c2)CCN(C(=O)OC(C)(C)C)CC1. The molecule has 2 N–H and O–H groups in total. The minimum absolute atomic E-state index is 0.188. The van der Waals surface area contributed by atoms with E-state index < -0.39 is 11.0 Å². The number of hydrogen-bond donors (Lipinski definition) is 1. The number of piperidine rings is 1. The number of likely N-dealkylation sites (tertiary alicyclic amines) is 1. The van der Waals surface area contributed by atoms with Gasteiger partial charge < -0.3 is 20.1 Å². The highest BCUT2D eigenvalue weighted by Crippen LogP contribution is 2.37. The quantitative estimate of drug-likeness (QED) is 0.798. The summed E-state index contributed by atoms with van der Waals surface area (Å²) in [7, 11) is 0. The van der Waals surface area contributed by atoms with E-state index in [2.05, 4.69) is 0 Å². The van der Waals surface area contributed by atoms with E-state index in [1.54, 1.807) is 4.90 Å². The normalized spacial score (nSPS) is 16.7. The van der Waals surface area contributed by atoms with Crippen molar-refractivity contribution in [3.63, 3.8) is 0 Å². The molecule has 6 heteroatoms. The van der Waals surface area contributed by atoms with Gasteiger partial charge >= 0.3 is 12.1 Å². The Kier molecular flexibility index (Phi) is 6.87. The summed E-state index contributed by atoms with van der Waals surface area (Å²) in [6, 6.07) is 8.00. The van der Waals surface area contributed by atoms with Gasteiger partial charge in [-0.2, -0.15) is 0 Å². The summed E-state index contributed by atoms with van der Waals surface area (Å²) in [5.74, 6) is -0.188. The topological polar surface area (TPSA) is 81.9 Å². The van der Waals surface area contributed by atoms with Crippen LogP contribution in [-0.2, 0) is 27.2 Å². The predicted molar refractivity (Wildman–Crippen MR) is 104 cm³/mol. The second kappa shape index (κ2) is 8.74. The molecule has 0 unspecified atom stereocenters. The smallest absolute Gasteiger partial charge is 0.410 e. The van der Waals surface area contributed by atoms with E-state index in [0.29, 0.717) is 45.5 Å². The van der Waals surface area contributed by atoms with Crippen LogP contribution in [0.1, 0.15) is 51.7 Å². The molecule has 1 aliphatic rings. The first-order valence-electron chi connectivity index (χ1n) is 9.62. The van der Waals surface area contributed by atoms with Crippen LogP contribution >= 0.6 is 0 Å². The molecule has 2 rings (SSSR count). The Hall–Kier alpha value is -2.08. The average molecular weight is 376 g/mol. The Morgan fingerprint density at radius 3 is 2.37 bits per heavy atom. The van der Waals surface area contributed by atoms with Crippen molar-refractivity contribution in [2.75, 3.05) is 19.7 Å². The second-order valence-corrected chi connectivity index (χ2v) is 8.17. The first-order valence-corrected chi connectivity index (χ1v) is 9.62. The van der Waals surface area contributed by atoms with Crippen LogP contribution in [0.3, 0.4) is 0 Å². The monoisotopic (exact) mass is 376 g/mol. The van der Waals surface area contributed by atoms with Crippen LogP contribution in [0.2, 0.25) is 0 Å². The molecular formula is C21H32N2O4. The zero-order chi connectivity index (χ0) is 20.1. The van der Waals surface area contributed by atoms with Gasteiger partial charge in [0.15, 0.2) is 0 Å². The van der Waals surface area contributed by atoms with E-state index in [1.165, 1.54) is 0 Å². The summed E-state index contributed by atoms with van der Waals surface area (Å²) in [5.41, 5.74) is 6.69. The van der Waals surface area contributed by atoms with E-state index in [9.17, 15) is 9.59 Å². The van der Waals surface area contributed by atoms with E-state index >= 15 is 0 Å². The van der Waals surface area contributed by atoms with Gasteiger partial charge in [-0.15, -0.1) is 0 Å². The zero-order valence-electron chi connectivity index (χ0n) is 16.9. The molecule has 0 atom stereocenters. The Morgan fingerprint density at radius 1 is 1.19 bits per heavy atom.